The van der Waals surface area contributed by atoms with Crippen molar-refractivity contribution in [1.29, 1.82) is 0 Å². The summed E-state index contributed by atoms with van der Waals surface area (Å²) in [5, 5.41) is 0. The summed E-state index contributed by atoms with van der Waals surface area (Å²) in [7, 11) is 0. The quantitative estimate of drug-likeness (QED) is 0.772. The summed E-state index contributed by atoms with van der Waals surface area (Å²) in [4.78, 5) is 13.3. The molecule has 19 heavy (non-hydrogen) atoms. The number of benzene rings is 1. The summed E-state index contributed by atoms with van der Waals surface area (Å²) < 4.78 is 18.5. The molecular formula is C12H14FN3O2S. The van der Waals surface area contributed by atoms with Gasteiger partial charge in [-0.05, 0) is 18.2 Å². The molecule has 1 unspecified atom stereocenters. The number of ether oxygens (including phenoxy) is 1. The van der Waals surface area contributed by atoms with E-state index in [1.54, 1.807) is 11.0 Å². The van der Waals surface area contributed by atoms with Gasteiger partial charge in [-0.2, -0.15) is 0 Å². The number of amides is 1. The second-order valence-corrected chi connectivity index (χ2v) is 4.65. The zero-order chi connectivity index (χ0) is 14.0. The Kier molecular flexibility index (Phi) is 3.96. The van der Waals surface area contributed by atoms with Gasteiger partial charge in [0.2, 0.25) is 5.91 Å². The van der Waals surface area contributed by atoms with Gasteiger partial charge in [0, 0.05) is 17.8 Å². The molecule has 5 nitrogen and oxygen atoms in total. The van der Waals surface area contributed by atoms with Gasteiger partial charge >= 0.3 is 0 Å². The summed E-state index contributed by atoms with van der Waals surface area (Å²) in [6.07, 6.45) is 0. The fourth-order valence-corrected chi connectivity index (χ4v) is 2.25. The highest BCUT2D eigenvalue weighted by molar-refractivity contribution is 7.80. The Balaban J connectivity index is 2.44. The Hall–Kier alpha value is -1.73. The Morgan fingerprint density at radius 1 is 1.47 bits per heavy atom. The Labute approximate surface area is 115 Å². The molecule has 2 rings (SSSR count). The van der Waals surface area contributed by atoms with Crippen LogP contribution in [0.15, 0.2) is 18.2 Å². The highest BCUT2D eigenvalue weighted by Gasteiger charge is 2.29. The fraction of sp³-hybridized carbons (Fsp3) is 0.333. The van der Waals surface area contributed by atoms with Gasteiger partial charge in [-0.15, -0.1) is 0 Å². The van der Waals surface area contributed by atoms with Crippen LogP contribution in [0.4, 0.5) is 10.1 Å². The van der Waals surface area contributed by atoms with Crippen molar-refractivity contribution in [1.82, 2.24) is 0 Å². The average molecular weight is 283 g/mol. The van der Waals surface area contributed by atoms with Crippen LogP contribution in [0.1, 0.15) is 5.56 Å². The van der Waals surface area contributed by atoms with Crippen LogP contribution in [0.3, 0.4) is 0 Å². The second kappa shape index (κ2) is 5.50. The van der Waals surface area contributed by atoms with Gasteiger partial charge < -0.3 is 21.1 Å². The monoisotopic (exact) mass is 283 g/mol. The first-order valence-corrected chi connectivity index (χ1v) is 6.14. The average Bonchev–Trinajstić information content (AvgIpc) is 2.38. The number of carbonyl (C=O) groups excluding carboxylic acids is 1. The molecule has 4 N–H and O–H groups in total. The number of morpholine rings is 1. The molecule has 0 bridgehead atoms. The van der Waals surface area contributed by atoms with E-state index < -0.39 is 17.8 Å². The van der Waals surface area contributed by atoms with Gasteiger partial charge in [0.05, 0.1) is 13.2 Å². The van der Waals surface area contributed by atoms with Crippen LogP contribution < -0.4 is 16.4 Å². The molecule has 1 saturated heterocycles. The molecule has 1 amide bonds. The number of nitrogens with zero attached hydrogens (tertiary/aromatic N) is 1. The van der Waals surface area contributed by atoms with E-state index in [4.69, 9.17) is 28.4 Å². The van der Waals surface area contributed by atoms with E-state index in [0.717, 1.165) is 0 Å². The Morgan fingerprint density at radius 2 is 2.21 bits per heavy atom. The van der Waals surface area contributed by atoms with Crippen molar-refractivity contribution in [2.75, 3.05) is 24.7 Å². The number of primary amides is 1. The molecular weight excluding hydrogens is 269 g/mol. The third-order valence-electron chi connectivity index (χ3n) is 2.99. The van der Waals surface area contributed by atoms with E-state index in [2.05, 4.69) is 0 Å². The smallest absolute Gasteiger partial charge is 0.242 e. The number of halogens is 1. The molecule has 7 heteroatoms. The van der Waals surface area contributed by atoms with Crippen molar-refractivity contribution < 1.29 is 13.9 Å². The topological polar surface area (TPSA) is 81.6 Å². The van der Waals surface area contributed by atoms with Crippen LogP contribution in [0, 0.1) is 5.82 Å². The highest BCUT2D eigenvalue weighted by atomic mass is 32.1. The van der Waals surface area contributed by atoms with Crippen molar-refractivity contribution >= 4 is 28.8 Å². The Morgan fingerprint density at radius 3 is 2.84 bits per heavy atom. The van der Waals surface area contributed by atoms with Crippen LogP contribution >= 0.6 is 12.2 Å². The molecule has 1 aromatic carbocycles. The molecule has 1 atom stereocenters. The summed E-state index contributed by atoms with van der Waals surface area (Å²) in [6, 6.07) is 3.49. The number of carbonyl (C=O) groups is 1. The van der Waals surface area contributed by atoms with Crippen molar-refractivity contribution in [2.45, 2.75) is 6.04 Å². The lowest BCUT2D eigenvalue weighted by atomic mass is 10.1. The van der Waals surface area contributed by atoms with Crippen LogP contribution in [-0.4, -0.2) is 36.7 Å². The lowest BCUT2D eigenvalue weighted by molar-refractivity contribution is -0.121. The molecule has 1 aromatic rings. The molecule has 0 aliphatic carbocycles. The number of hydrogen-bond acceptors (Lipinski definition) is 4. The maximum Gasteiger partial charge on any atom is 0.242 e. The first-order chi connectivity index (χ1) is 9.00. The molecule has 1 heterocycles. The maximum absolute atomic E-state index is 13.3. The van der Waals surface area contributed by atoms with Gasteiger partial charge in [-0.25, -0.2) is 4.39 Å². The largest absolute Gasteiger partial charge is 0.389 e. The van der Waals surface area contributed by atoms with E-state index in [-0.39, 0.29) is 11.6 Å². The molecule has 0 radical (unpaired) electrons. The van der Waals surface area contributed by atoms with Crippen LogP contribution in [0.25, 0.3) is 0 Å². The standard InChI is InChI=1S/C12H14FN3O2S/c13-7-1-2-9(8(5-7)12(15)19)16-3-4-18-6-10(16)11(14)17/h1-2,5,10H,3-4,6H2,(H2,14,17)(H2,15,19). The van der Waals surface area contributed by atoms with E-state index >= 15 is 0 Å². The third-order valence-corrected chi connectivity index (χ3v) is 3.21. The minimum Gasteiger partial charge on any atom is -0.389 e. The predicted molar refractivity (Wildman–Crippen MR) is 73.4 cm³/mol. The van der Waals surface area contributed by atoms with Gasteiger partial charge in [-0.1, -0.05) is 12.2 Å². The number of anilines is 1. The zero-order valence-electron chi connectivity index (χ0n) is 10.1. The fourth-order valence-electron chi connectivity index (χ4n) is 2.08. The van der Waals surface area contributed by atoms with E-state index in [1.165, 1.54) is 12.1 Å². The van der Waals surface area contributed by atoms with E-state index in [1.807, 2.05) is 0 Å². The van der Waals surface area contributed by atoms with E-state index in [9.17, 15) is 9.18 Å². The van der Waals surface area contributed by atoms with Crippen LogP contribution in [0.5, 0.6) is 0 Å². The van der Waals surface area contributed by atoms with Crippen molar-refractivity contribution in [2.24, 2.45) is 11.5 Å². The van der Waals surface area contributed by atoms with Crippen molar-refractivity contribution in [3.05, 3.63) is 29.6 Å². The van der Waals surface area contributed by atoms with Gasteiger partial charge in [0.1, 0.15) is 16.8 Å². The summed E-state index contributed by atoms with van der Waals surface area (Å²) >= 11 is 4.92. The van der Waals surface area contributed by atoms with Crippen molar-refractivity contribution in [3.8, 4) is 0 Å². The lowest BCUT2D eigenvalue weighted by Crippen LogP contribution is -2.53. The van der Waals surface area contributed by atoms with E-state index in [0.29, 0.717) is 24.4 Å². The summed E-state index contributed by atoms with van der Waals surface area (Å²) in [6.45, 7) is 1.12. The first-order valence-electron chi connectivity index (χ1n) is 5.73. The Bertz CT molecular complexity index is 524. The normalized spacial score (nSPS) is 19.2. The van der Waals surface area contributed by atoms with Gasteiger partial charge in [-0.3, -0.25) is 4.79 Å². The highest BCUT2D eigenvalue weighted by Crippen LogP contribution is 2.25. The summed E-state index contributed by atoms with van der Waals surface area (Å²) in [5.41, 5.74) is 11.9. The molecule has 0 spiro atoms. The van der Waals surface area contributed by atoms with Crippen LogP contribution in [-0.2, 0) is 9.53 Å². The number of hydrogen-bond donors (Lipinski definition) is 2. The lowest BCUT2D eigenvalue weighted by Gasteiger charge is -2.36. The summed E-state index contributed by atoms with van der Waals surface area (Å²) in [5.74, 6) is -0.937. The minimum atomic E-state index is -0.604. The number of thiocarbonyl (C=S) groups is 1. The second-order valence-electron chi connectivity index (χ2n) is 4.21. The van der Waals surface area contributed by atoms with Gasteiger partial charge in [0.25, 0.3) is 0 Å². The first kappa shape index (κ1) is 13.7. The van der Waals surface area contributed by atoms with Crippen molar-refractivity contribution in [3.63, 3.8) is 0 Å². The van der Waals surface area contributed by atoms with Gasteiger partial charge in [0.15, 0.2) is 0 Å². The van der Waals surface area contributed by atoms with Crippen LogP contribution in [0.2, 0.25) is 0 Å². The molecule has 1 aliphatic rings. The number of nitrogens with two attached hydrogens (primary N) is 2. The third kappa shape index (κ3) is 2.82. The molecule has 0 aromatic heterocycles. The predicted octanol–water partition coefficient (Wildman–Crippen LogP) is 0.150. The molecule has 0 saturated carbocycles. The number of rotatable bonds is 3. The molecule has 102 valence electrons. The SMILES string of the molecule is NC(=O)C1COCCN1c1ccc(F)cc1C(N)=S. The zero-order valence-corrected chi connectivity index (χ0v) is 11.0. The maximum atomic E-state index is 13.3. The molecule has 1 fully saturated rings. The molecule has 1 aliphatic heterocycles. The minimum absolute atomic E-state index is 0.0733.